The van der Waals surface area contributed by atoms with Crippen molar-refractivity contribution in [2.75, 3.05) is 0 Å². The number of pyridine rings is 2. The zero-order valence-corrected chi connectivity index (χ0v) is 10.5. The summed E-state index contributed by atoms with van der Waals surface area (Å²) in [6.45, 7) is 5.79. The smallest absolute Gasteiger partial charge is 0.0889 e. The van der Waals surface area contributed by atoms with E-state index in [0.717, 1.165) is 17.1 Å². The fourth-order valence-electron chi connectivity index (χ4n) is 1.71. The summed E-state index contributed by atoms with van der Waals surface area (Å²) >= 11 is 0. The van der Waals surface area contributed by atoms with Crippen molar-refractivity contribution in [1.82, 2.24) is 9.97 Å². The van der Waals surface area contributed by atoms with Gasteiger partial charge in [0.15, 0.2) is 0 Å². The average Bonchev–Trinajstić information content (AvgIpc) is 2.46. The van der Waals surface area contributed by atoms with Crippen LogP contribution in [-0.4, -0.2) is 9.97 Å². The van der Waals surface area contributed by atoms with Crippen LogP contribution >= 0.6 is 0 Å². The summed E-state index contributed by atoms with van der Waals surface area (Å²) in [5.74, 6) is 0.270. The van der Waals surface area contributed by atoms with Crippen molar-refractivity contribution >= 4 is 0 Å². The van der Waals surface area contributed by atoms with Gasteiger partial charge in [-0.2, -0.15) is 0 Å². The first-order chi connectivity index (χ1) is 8.81. The Morgan fingerprint density at radius 1 is 1.11 bits per heavy atom. The molecule has 0 spiro atoms. The van der Waals surface area contributed by atoms with Gasteiger partial charge in [0.25, 0.3) is 0 Å². The maximum absolute atomic E-state index is 4.65. The van der Waals surface area contributed by atoms with Crippen molar-refractivity contribution in [1.29, 1.82) is 0 Å². The molecule has 18 heavy (non-hydrogen) atoms. The molecule has 0 aliphatic carbocycles. The van der Waals surface area contributed by atoms with E-state index >= 15 is 0 Å². The number of nitrogens with zero attached hydrogens (tertiary/aromatic N) is 2. The Morgan fingerprint density at radius 2 is 1.94 bits per heavy atom. The molecule has 2 rings (SSSR count). The minimum Gasteiger partial charge on any atom is -0.255 e. The van der Waals surface area contributed by atoms with E-state index in [9.17, 15) is 0 Å². The molecule has 0 aromatic carbocycles. The second-order valence-corrected chi connectivity index (χ2v) is 4.07. The molecule has 0 aliphatic heterocycles. The van der Waals surface area contributed by atoms with E-state index < -0.39 is 0 Å². The van der Waals surface area contributed by atoms with Crippen LogP contribution in [0, 0.1) is 0 Å². The van der Waals surface area contributed by atoms with Crippen LogP contribution in [0.2, 0.25) is 0 Å². The molecule has 0 bridgehead atoms. The lowest BCUT2D eigenvalue weighted by Crippen LogP contribution is -1.96. The maximum Gasteiger partial charge on any atom is 0.0889 e. The standard InChI is InChI=1S/C16H16N2/c1-3-4-8-13(2)14-10-7-11-16(18-14)15-9-5-6-12-17-15/h3-13H,1H2,2H3/b8-4-. The fraction of sp³-hybridized carbons (Fsp3) is 0.125. The van der Waals surface area contributed by atoms with Gasteiger partial charge in [-0.3, -0.25) is 9.97 Å². The number of allylic oxidation sites excluding steroid dienone is 3. The number of hydrogen-bond acceptors (Lipinski definition) is 2. The van der Waals surface area contributed by atoms with Crippen molar-refractivity contribution in [3.63, 3.8) is 0 Å². The van der Waals surface area contributed by atoms with Gasteiger partial charge in [-0.1, -0.05) is 43.9 Å². The van der Waals surface area contributed by atoms with E-state index in [1.807, 2.05) is 42.5 Å². The second kappa shape index (κ2) is 5.92. The van der Waals surface area contributed by atoms with Crippen molar-refractivity contribution in [2.24, 2.45) is 0 Å². The van der Waals surface area contributed by atoms with E-state index in [1.54, 1.807) is 12.3 Å². The molecule has 0 aliphatic rings. The monoisotopic (exact) mass is 236 g/mol. The van der Waals surface area contributed by atoms with E-state index in [1.165, 1.54) is 0 Å². The van der Waals surface area contributed by atoms with Gasteiger partial charge < -0.3 is 0 Å². The summed E-state index contributed by atoms with van der Waals surface area (Å²) in [4.78, 5) is 8.96. The molecule has 0 fully saturated rings. The lowest BCUT2D eigenvalue weighted by molar-refractivity contribution is 0.908. The normalized spacial score (nSPS) is 12.5. The quantitative estimate of drug-likeness (QED) is 0.750. The molecule has 0 amide bonds. The topological polar surface area (TPSA) is 25.8 Å². The van der Waals surface area contributed by atoms with Gasteiger partial charge in [-0.15, -0.1) is 0 Å². The average molecular weight is 236 g/mol. The highest BCUT2D eigenvalue weighted by Crippen LogP contribution is 2.19. The van der Waals surface area contributed by atoms with Gasteiger partial charge in [0.2, 0.25) is 0 Å². The maximum atomic E-state index is 4.65. The molecular weight excluding hydrogens is 220 g/mol. The van der Waals surface area contributed by atoms with E-state index in [4.69, 9.17) is 0 Å². The third-order valence-corrected chi connectivity index (χ3v) is 2.70. The predicted molar refractivity (Wildman–Crippen MR) is 75.2 cm³/mol. The van der Waals surface area contributed by atoms with Crippen molar-refractivity contribution < 1.29 is 0 Å². The van der Waals surface area contributed by atoms with Crippen LogP contribution in [0.4, 0.5) is 0 Å². The third-order valence-electron chi connectivity index (χ3n) is 2.70. The van der Waals surface area contributed by atoms with Crippen LogP contribution in [0.1, 0.15) is 18.5 Å². The minimum atomic E-state index is 0.270. The zero-order chi connectivity index (χ0) is 12.8. The lowest BCUT2D eigenvalue weighted by Gasteiger charge is -2.07. The second-order valence-electron chi connectivity index (χ2n) is 4.07. The molecule has 2 aromatic heterocycles. The molecule has 0 radical (unpaired) electrons. The largest absolute Gasteiger partial charge is 0.255 e. The Kier molecular flexibility index (Phi) is 4.02. The van der Waals surface area contributed by atoms with Crippen LogP contribution in [-0.2, 0) is 0 Å². The Hall–Kier alpha value is -2.22. The van der Waals surface area contributed by atoms with Crippen LogP contribution in [0.5, 0.6) is 0 Å². The zero-order valence-electron chi connectivity index (χ0n) is 10.5. The highest BCUT2D eigenvalue weighted by molar-refractivity contribution is 5.53. The van der Waals surface area contributed by atoms with E-state index in [0.29, 0.717) is 0 Å². The third kappa shape index (κ3) is 2.92. The van der Waals surface area contributed by atoms with Gasteiger partial charge in [0.05, 0.1) is 11.4 Å². The molecule has 2 nitrogen and oxygen atoms in total. The highest BCUT2D eigenvalue weighted by Gasteiger charge is 2.05. The molecule has 1 unspecified atom stereocenters. The van der Waals surface area contributed by atoms with Gasteiger partial charge in [0, 0.05) is 17.8 Å². The number of hydrogen-bond donors (Lipinski definition) is 0. The van der Waals surface area contributed by atoms with E-state index in [2.05, 4.69) is 29.5 Å². The summed E-state index contributed by atoms with van der Waals surface area (Å²) in [5.41, 5.74) is 2.85. The van der Waals surface area contributed by atoms with Gasteiger partial charge in [-0.25, -0.2) is 0 Å². The number of rotatable bonds is 4. The summed E-state index contributed by atoms with van der Waals surface area (Å²) in [5, 5.41) is 0. The highest BCUT2D eigenvalue weighted by atomic mass is 14.8. The van der Waals surface area contributed by atoms with Crippen LogP contribution in [0.15, 0.2) is 67.4 Å². The first-order valence-corrected chi connectivity index (χ1v) is 5.99. The molecule has 2 heterocycles. The molecule has 2 heteroatoms. The Balaban J connectivity index is 2.31. The first-order valence-electron chi connectivity index (χ1n) is 5.99. The number of aromatic nitrogens is 2. The van der Waals surface area contributed by atoms with Crippen molar-refractivity contribution in [3.05, 3.63) is 73.1 Å². The predicted octanol–water partition coefficient (Wildman–Crippen LogP) is 3.99. The summed E-state index contributed by atoms with van der Waals surface area (Å²) in [6, 6.07) is 11.9. The van der Waals surface area contributed by atoms with E-state index in [-0.39, 0.29) is 5.92 Å². The molecule has 2 aromatic rings. The molecule has 0 saturated heterocycles. The SMILES string of the molecule is C=C/C=C\C(C)c1cccc(-c2ccccn2)n1. The summed E-state index contributed by atoms with van der Waals surface area (Å²) < 4.78 is 0. The minimum absolute atomic E-state index is 0.270. The van der Waals surface area contributed by atoms with Crippen LogP contribution in [0.25, 0.3) is 11.4 Å². The van der Waals surface area contributed by atoms with Crippen molar-refractivity contribution in [2.45, 2.75) is 12.8 Å². The van der Waals surface area contributed by atoms with Crippen LogP contribution < -0.4 is 0 Å². The van der Waals surface area contributed by atoms with Gasteiger partial charge in [0.1, 0.15) is 0 Å². The first kappa shape index (κ1) is 12.2. The molecule has 0 N–H and O–H groups in total. The van der Waals surface area contributed by atoms with Crippen molar-refractivity contribution in [3.8, 4) is 11.4 Å². The molecule has 90 valence electrons. The van der Waals surface area contributed by atoms with Gasteiger partial charge >= 0.3 is 0 Å². The Morgan fingerprint density at radius 3 is 2.67 bits per heavy atom. The summed E-state index contributed by atoms with van der Waals surface area (Å²) in [6.07, 6.45) is 7.58. The van der Waals surface area contributed by atoms with Crippen LogP contribution in [0.3, 0.4) is 0 Å². The fourth-order valence-corrected chi connectivity index (χ4v) is 1.71. The molecule has 1 atom stereocenters. The Bertz CT molecular complexity index is 544. The molecular formula is C16H16N2. The molecule has 0 saturated carbocycles. The van der Waals surface area contributed by atoms with Gasteiger partial charge in [-0.05, 0) is 24.3 Å². The Labute approximate surface area is 108 Å². The summed E-state index contributed by atoms with van der Waals surface area (Å²) in [7, 11) is 0. The lowest BCUT2D eigenvalue weighted by atomic mass is 10.1.